The van der Waals surface area contributed by atoms with Gasteiger partial charge in [-0.25, -0.2) is 0 Å². The summed E-state index contributed by atoms with van der Waals surface area (Å²) < 4.78 is 5.36. The fourth-order valence-corrected chi connectivity index (χ4v) is 2.70. The smallest absolute Gasteiger partial charge is 0.0693 e. The Kier molecular flexibility index (Phi) is 6.37. The molecule has 0 aromatic rings. The quantitative estimate of drug-likeness (QED) is 0.727. The van der Waals surface area contributed by atoms with Gasteiger partial charge in [0.05, 0.1) is 6.10 Å². The van der Waals surface area contributed by atoms with E-state index in [2.05, 4.69) is 26.1 Å². The zero-order valence-electron chi connectivity index (χ0n) is 11.5. The highest BCUT2D eigenvalue weighted by Gasteiger charge is 2.21. The molecule has 0 radical (unpaired) electrons. The molecule has 1 N–H and O–H groups in total. The first-order valence-corrected chi connectivity index (χ1v) is 6.94. The van der Waals surface area contributed by atoms with Crippen LogP contribution in [-0.2, 0) is 4.74 Å². The molecule has 96 valence electrons. The summed E-state index contributed by atoms with van der Waals surface area (Å²) in [7, 11) is 1.79. The fraction of sp³-hybridized carbons (Fsp3) is 1.00. The molecule has 0 aromatic carbocycles. The van der Waals surface area contributed by atoms with Gasteiger partial charge in [0.15, 0.2) is 0 Å². The number of hydrogen-bond donors (Lipinski definition) is 1. The maximum atomic E-state index is 5.36. The van der Waals surface area contributed by atoms with Crippen LogP contribution >= 0.6 is 0 Å². The molecule has 0 spiro atoms. The molecule has 1 fully saturated rings. The monoisotopic (exact) mass is 227 g/mol. The van der Waals surface area contributed by atoms with Gasteiger partial charge >= 0.3 is 0 Å². The van der Waals surface area contributed by atoms with Crippen molar-refractivity contribution in [2.75, 3.05) is 7.11 Å². The van der Waals surface area contributed by atoms with Gasteiger partial charge in [-0.2, -0.15) is 0 Å². The molecule has 2 unspecified atom stereocenters. The van der Waals surface area contributed by atoms with Gasteiger partial charge in [0, 0.05) is 19.2 Å². The number of rotatable bonds is 5. The SMILES string of the molecule is COC(C)C(C)N[C@@H](C)C1CCCCCC1. The van der Waals surface area contributed by atoms with E-state index < -0.39 is 0 Å². The summed E-state index contributed by atoms with van der Waals surface area (Å²) >= 11 is 0. The van der Waals surface area contributed by atoms with E-state index in [9.17, 15) is 0 Å². The van der Waals surface area contributed by atoms with E-state index in [0.29, 0.717) is 18.2 Å². The van der Waals surface area contributed by atoms with Gasteiger partial charge < -0.3 is 10.1 Å². The van der Waals surface area contributed by atoms with Crippen LogP contribution in [0, 0.1) is 5.92 Å². The Morgan fingerprint density at radius 3 is 2.06 bits per heavy atom. The minimum absolute atomic E-state index is 0.299. The van der Waals surface area contributed by atoms with Gasteiger partial charge in [0.1, 0.15) is 0 Å². The van der Waals surface area contributed by atoms with E-state index in [-0.39, 0.29) is 0 Å². The third-order valence-corrected chi connectivity index (χ3v) is 4.21. The molecule has 2 heteroatoms. The number of ether oxygens (including phenoxy) is 1. The highest BCUT2D eigenvalue weighted by atomic mass is 16.5. The Morgan fingerprint density at radius 1 is 1.00 bits per heavy atom. The molecule has 1 saturated carbocycles. The zero-order chi connectivity index (χ0) is 12.0. The number of methoxy groups -OCH3 is 1. The second-order valence-electron chi connectivity index (χ2n) is 5.44. The van der Waals surface area contributed by atoms with Crippen molar-refractivity contribution in [1.29, 1.82) is 0 Å². The minimum atomic E-state index is 0.299. The third-order valence-electron chi connectivity index (χ3n) is 4.21. The van der Waals surface area contributed by atoms with Gasteiger partial charge in [-0.3, -0.25) is 0 Å². The predicted molar refractivity (Wildman–Crippen MR) is 69.7 cm³/mol. The van der Waals surface area contributed by atoms with Crippen LogP contribution in [0.3, 0.4) is 0 Å². The molecule has 0 aliphatic heterocycles. The van der Waals surface area contributed by atoms with Crippen LogP contribution in [0.4, 0.5) is 0 Å². The van der Waals surface area contributed by atoms with Crippen molar-refractivity contribution >= 4 is 0 Å². The van der Waals surface area contributed by atoms with E-state index >= 15 is 0 Å². The summed E-state index contributed by atoms with van der Waals surface area (Å²) in [5, 5.41) is 3.70. The molecule has 0 heterocycles. The molecule has 2 nitrogen and oxygen atoms in total. The van der Waals surface area contributed by atoms with Gasteiger partial charge in [-0.1, -0.05) is 25.7 Å². The van der Waals surface area contributed by atoms with Crippen molar-refractivity contribution in [2.45, 2.75) is 77.5 Å². The lowest BCUT2D eigenvalue weighted by atomic mass is 9.92. The first-order valence-electron chi connectivity index (χ1n) is 6.94. The lowest BCUT2D eigenvalue weighted by Gasteiger charge is -2.29. The maximum absolute atomic E-state index is 5.36. The van der Waals surface area contributed by atoms with Crippen molar-refractivity contribution in [1.82, 2.24) is 5.32 Å². The molecule has 3 atom stereocenters. The fourth-order valence-electron chi connectivity index (χ4n) is 2.70. The highest BCUT2D eigenvalue weighted by molar-refractivity contribution is 4.79. The Morgan fingerprint density at radius 2 is 1.56 bits per heavy atom. The van der Waals surface area contributed by atoms with Crippen molar-refractivity contribution < 1.29 is 4.74 Å². The van der Waals surface area contributed by atoms with Crippen molar-refractivity contribution in [2.24, 2.45) is 5.92 Å². The lowest BCUT2D eigenvalue weighted by Crippen LogP contribution is -2.45. The molecule has 0 saturated heterocycles. The highest BCUT2D eigenvalue weighted by Crippen LogP contribution is 2.25. The molecule has 16 heavy (non-hydrogen) atoms. The largest absolute Gasteiger partial charge is 0.380 e. The average molecular weight is 227 g/mol. The van der Waals surface area contributed by atoms with E-state index in [1.54, 1.807) is 7.11 Å². The summed E-state index contributed by atoms with van der Waals surface area (Å²) in [5.74, 6) is 0.869. The van der Waals surface area contributed by atoms with Crippen LogP contribution in [-0.4, -0.2) is 25.3 Å². The van der Waals surface area contributed by atoms with Crippen LogP contribution in [0.15, 0.2) is 0 Å². The van der Waals surface area contributed by atoms with Gasteiger partial charge in [-0.05, 0) is 39.5 Å². The Balaban J connectivity index is 2.34. The molecule has 0 bridgehead atoms. The molecular formula is C14H29NO. The molecule has 1 aliphatic carbocycles. The topological polar surface area (TPSA) is 21.3 Å². The first kappa shape index (κ1) is 14.0. The molecule has 0 amide bonds. The van der Waals surface area contributed by atoms with Crippen molar-refractivity contribution in [3.8, 4) is 0 Å². The number of hydrogen-bond acceptors (Lipinski definition) is 2. The van der Waals surface area contributed by atoms with E-state index in [0.717, 1.165) is 5.92 Å². The average Bonchev–Trinajstić information content (AvgIpc) is 2.56. The summed E-state index contributed by atoms with van der Waals surface area (Å²) in [5.41, 5.74) is 0. The standard InChI is InChI=1S/C14H29NO/c1-11(13(3)16-4)15-12(2)14-9-7-5-6-8-10-14/h11-15H,5-10H2,1-4H3/t11?,12-,13?/m0/s1. The second kappa shape index (κ2) is 7.29. The summed E-state index contributed by atoms with van der Waals surface area (Å²) in [6.07, 6.45) is 8.83. The van der Waals surface area contributed by atoms with E-state index in [1.165, 1.54) is 38.5 Å². The Hall–Kier alpha value is -0.0800. The predicted octanol–water partition coefficient (Wildman–Crippen LogP) is 3.36. The minimum Gasteiger partial charge on any atom is -0.380 e. The van der Waals surface area contributed by atoms with Crippen LogP contribution < -0.4 is 5.32 Å². The third kappa shape index (κ3) is 4.42. The molecular weight excluding hydrogens is 198 g/mol. The van der Waals surface area contributed by atoms with E-state index in [4.69, 9.17) is 4.74 Å². The number of nitrogens with one attached hydrogen (secondary N) is 1. The van der Waals surface area contributed by atoms with Crippen LogP contribution in [0.25, 0.3) is 0 Å². The van der Waals surface area contributed by atoms with Crippen LogP contribution in [0.5, 0.6) is 0 Å². The van der Waals surface area contributed by atoms with Crippen molar-refractivity contribution in [3.05, 3.63) is 0 Å². The summed E-state index contributed by atoms with van der Waals surface area (Å²) in [6, 6.07) is 1.08. The summed E-state index contributed by atoms with van der Waals surface area (Å²) in [6.45, 7) is 6.70. The molecule has 1 aliphatic rings. The second-order valence-corrected chi connectivity index (χ2v) is 5.44. The normalized spacial score (nSPS) is 24.8. The van der Waals surface area contributed by atoms with Gasteiger partial charge in [0.2, 0.25) is 0 Å². The first-order chi connectivity index (χ1) is 7.65. The Labute approximate surface area is 101 Å². The van der Waals surface area contributed by atoms with Crippen LogP contribution in [0.2, 0.25) is 0 Å². The molecule has 1 rings (SSSR count). The van der Waals surface area contributed by atoms with Gasteiger partial charge in [-0.15, -0.1) is 0 Å². The summed E-state index contributed by atoms with van der Waals surface area (Å²) in [4.78, 5) is 0. The maximum Gasteiger partial charge on any atom is 0.0693 e. The van der Waals surface area contributed by atoms with Crippen molar-refractivity contribution in [3.63, 3.8) is 0 Å². The van der Waals surface area contributed by atoms with E-state index in [1.807, 2.05) is 0 Å². The zero-order valence-corrected chi connectivity index (χ0v) is 11.5. The van der Waals surface area contributed by atoms with Crippen LogP contribution in [0.1, 0.15) is 59.3 Å². The van der Waals surface area contributed by atoms with Gasteiger partial charge in [0.25, 0.3) is 0 Å². The Bertz CT molecular complexity index is 176. The molecule has 0 aromatic heterocycles. The lowest BCUT2D eigenvalue weighted by molar-refractivity contribution is 0.0811.